The minimum absolute atomic E-state index is 0.0477. The molecule has 0 bridgehead atoms. The van der Waals surface area contributed by atoms with E-state index in [2.05, 4.69) is 5.32 Å². The molecule has 9 atom stereocenters. The Bertz CT molecular complexity index is 777. The number of amides is 1. The highest BCUT2D eigenvalue weighted by molar-refractivity contribution is 5.80. The van der Waals surface area contributed by atoms with E-state index in [0.717, 1.165) is 0 Å². The van der Waals surface area contributed by atoms with Crippen molar-refractivity contribution in [1.82, 2.24) is 10.2 Å². The van der Waals surface area contributed by atoms with E-state index in [9.17, 15) is 50.8 Å². The quantitative estimate of drug-likeness (QED) is 0.0274. The van der Waals surface area contributed by atoms with Gasteiger partial charge in [0.25, 0.3) is 5.91 Å². The third kappa shape index (κ3) is 27.1. The fourth-order valence-electron chi connectivity index (χ4n) is 3.62. The van der Waals surface area contributed by atoms with Gasteiger partial charge in [-0.3, -0.25) is 9.69 Å². The molecule has 0 saturated heterocycles. The number of ether oxygens (including phenoxy) is 6. The molecule has 0 heterocycles. The summed E-state index contributed by atoms with van der Waals surface area (Å²) in [5.41, 5.74) is 0. The molecule has 0 aliphatic heterocycles. The highest BCUT2D eigenvalue weighted by atomic mass is 16.5. The second kappa shape index (κ2) is 30.3. The van der Waals surface area contributed by atoms with Crippen LogP contribution in [0.3, 0.4) is 0 Å². The monoisotopic (exact) mass is 726 g/mol. The van der Waals surface area contributed by atoms with Crippen molar-refractivity contribution in [3.8, 4) is 0 Å². The van der Waals surface area contributed by atoms with Gasteiger partial charge in [-0.15, -0.1) is 0 Å². The van der Waals surface area contributed by atoms with Gasteiger partial charge < -0.3 is 95.0 Å². The Kier molecular flexibility index (Phi) is 29.5. The van der Waals surface area contributed by atoms with Crippen LogP contribution in [0.5, 0.6) is 0 Å². The first-order chi connectivity index (χ1) is 23.3. The van der Waals surface area contributed by atoms with Crippen LogP contribution in [0.1, 0.15) is 0 Å². The van der Waals surface area contributed by atoms with Crippen molar-refractivity contribution in [3.63, 3.8) is 0 Å². The van der Waals surface area contributed by atoms with Crippen molar-refractivity contribution < 1.29 is 94.5 Å². The molecule has 0 radical (unpaired) electrons. The zero-order valence-electron chi connectivity index (χ0n) is 27.6. The van der Waals surface area contributed by atoms with E-state index in [1.807, 2.05) is 0 Å². The van der Waals surface area contributed by atoms with Crippen LogP contribution in [0.25, 0.3) is 0 Å². The molecule has 21 heteroatoms. The maximum absolute atomic E-state index is 11.8. The summed E-state index contributed by atoms with van der Waals surface area (Å²) in [6.07, 6.45) is -10.7. The third-order valence-electron chi connectivity index (χ3n) is 6.14. The fraction of sp³-hybridized carbons (Fsp3) is 0.964. The SMILES string of the molecule is O=C(NCCN(CC(O)COCC(O)COCC(O)COCC(O)CO)C(O)COCC(O)COCC(O)COCC(O)CO)C(O)CO. The molecular formula is C28H58N2O19. The first-order valence-corrected chi connectivity index (χ1v) is 15.8. The van der Waals surface area contributed by atoms with Crippen LogP contribution in [0.2, 0.25) is 0 Å². The second-order valence-corrected chi connectivity index (χ2v) is 11.1. The molecule has 1 amide bonds. The lowest BCUT2D eigenvalue weighted by Gasteiger charge is -2.30. The normalized spacial score (nSPS) is 17.7. The summed E-state index contributed by atoms with van der Waals surface area (Å²) in [5.74, 6) is -0.851. The van der Waals surface area contributed by atoms with Crippen molar-refractivity contribution in [2.45, 2.75) is 55.1 Å². The van der Waals surface area contributed by atoms with E-state index >= 15 is 0 Å². The molecule has 9 unspecified atom stereocenters. The van der Waals surface area contributed by atoms with Crippen molar-refractivity contribution in [3.05, 3.63) is 0 Å². The number of nitrogens with one attached hydrogen (secondary N) is 1. The summed E-state index contributed by atoms with van der Waals surface area (Å²) in [6, 6.07) is 0. The summed E-state index contributed by atoms with van der Waals surface area (Å²) >= 11 is 0. The summed E-state index contributed by atoms with van der Waals surface area (Å²) in [5, 5.41) is 117. The predicted octanol–water partition coefficient (Wildman–Crippen LogP) is -8.31. The number of hydrogen-bond donors (Lipinski definition) is 13. The number of hydrogen-bond acceptors (Lipinski definition) is 20. The van der Waals surface area contributed by atoms with Crippen LogP contribution in [-0.4, -0.2) is 246 Å². The Hall–Kier alpha value is -1.29. The smallest absolute Gasteiger partial charge is 0.251 e. The lowest BCUT2D eigenvalue weighted by molar-refractivity contribution is -0.131. The number of carbonyl (C=O) groups excluding carboxylic acids is 1. The van der Waals surface area contributed by atoms with Gasteiger partial charge in [-0.1, -0.05) is 0 Å². The number of rotatable bonds is 34. The van der Waals surface area contributed by atoms with Crippen LogP contribution in [0, 0.1) is 0 Å². The molecule has 0 aromatic carbocycles. The van der Waals surface area contributed by atoms with E-state index in [1.165, 1.54) is 4.90 Å². The zero-order valence-corrected chi connectivity index (χ0v) is 27.6. The van der Waals surface area contributed by atoms with Crippen LogP contribution in [-0.2, 0) is 33.2 Å². The number of nitrogens with zero attached hydrogens (tertiary/aromatic N) is 1. The minimum atomic E-state index is -1.64. The van der Waals surface area contributed by atoms with E-state index in [4.69, 9.17) is 43.7 Å². The molecule has 13 N–H and O–H groups in total. The van der Waals surface area contributed by atoms with E-state index in [0.29, 0.717) is 0 Å². The zero-order chi connectivity index (χ0) is 37.0. The fourth-order valence-corrected chi connectivity index (χ4v) is 3.62. The molecule has 49 heavy (non-hydrogen) atoms. The summed E-state index contributed by atoms with van der Waals surface area (Å²) in [7, 11) is 0. The molecule has 0 aliphatic rings. The molecular weight excluding hydrogens is 668 g/mol. The van der Waals surface area contributed by atoms with Crippen LogP contribution < -0.4 is 5.32 Å². The topological polar surface area (TPSA) is 330 Å². The summed E-state index contributed by atoms with van der Waals surface area (Å²) < 4.78 is 31.0. The van der Waals surface area contributed by atoms with Gasteiger partial charge in [-0.2, -0.15) is 0 Å². The lowest BCUT2D eigenvalue weighted by Crippen LogP contribution is -2.48. The number of aliphatic hydroxyl groups excluding tert-OH is 12. The summed E-state index contributed by atoms with van der Waals surface area (Å²) in [4.78, 5) is 13.1. The maximum atomic E-state index is 11.8. The van der Waals surface area contributed by atoms with Crippen molar-refractivity contribution >= 4 is 5.91 Å². The maximum Gasteiger partial charge on any atom is 0.251 e. The van der Waals surface area contributed by atoms with Crippen LogP contribution in [0.4, 0.5) is 0 Å². The number of carbonyl (C=O) groups is 1. The van der Waals surface area contributed by atoms with Crippen molar-refractivity contribution in [2.24, 2.45) is 0 Å². The second-order valence-electron chi connectivity index (χ2n) is 11.1. The van der Waals surface area contributed by atoms with Gasteiger partial charge in [0.15, 0.2) is 6.10 Å². The first-order valence-electron chi connectivity index (χ1n) is 15.8. The highest BCUT2D eigenvalue weighted by Crippen LogP contribution is 2.03. The average Bonchev–Trinajstić information content (AvgIpc) is 3.06. The van der Waals surface area contributed by atoms with Crippen molar-refractivity contribution in [1.29, 1.82) is 0 Å². The molecule has 0 fully saturated rings. The Morgan fingerprint density at radius 3 is 1.14 bits per heavy atom. The molecule has 0 aromatic rings. The van der Waals surface area contributed by atoms with Gasteiger partial charge in [-0.05, 0) is 0 Å². The average molecular weight is 727 g/mol. The van der Waals surface area contributed by atoms with E-state index in [1.54, 1.807) is 0 Å². The molecule has 21 nitrogen and oxygen atoms in total. The van der Waals surface area contributed by atoms with E-state index in [-0.39, 0.29) is 98.9 Å². The molecule has 0 spiro atoms. The van der Waals surface area contributed by atoms with Gasteiger partial charge in [-0.25, -0.2) is 0 Å². The largest absolute Gasteiger partial charge is 0.394 e. The lowest BCUT2D eigenvalue weighted by atomic mass is 10.3. The van der Waals surface area contributed by atoms with Gasteiger partial charge in [0.05, 0.1) is 105 Å². The minimum Gasteiger partial charge on any atom is -0.394 e. The molecule has 0 saturated carbocycles. The van der Waals surface area contributed by atoms with Crippen molar-refractivity contribution in [2.75, 3.05) is 119 Å². The van der Waals surface area contributed by atoms with Gasteiger partial charge >= 0.3 is 0 Å². The molecule has 0 aliphatic carbocycles. The Morgan fingerprint density at radius 1 is 0.469 bits per heavy atom. The van der Waals surface area contributed by atoms with Gasteiger partial charge in [0.2, 0.25) is 0 Å². The standard InChI is InChI=1S/C28H58N2O19/c31-4-20(35)8-45-11-23(38)14-47-13-22(37)10-44-7-19(34)3-30(2-1-29-28(43)26(41)6-33)27(42)18-49-17-25(40)16-48-15-24(39)12-46-9-21(36)5-32/h19-27,31-42H,1-18H2,(H,29,43). The van der Waals surface area contributed by atoms with Crippen LogP contribution in [0.15, 0.2) is 0 Å². The van der Waals surface area contributed by atoms with E-state index < -0.39 is 80.8 Å². The van der Waals surface area contributed by atoms with Gasteiger partial charge in [0.1, 0.15) is 42.9 Å². The molecule has 0 aromatic heterocycles. The third-order valence-corrected chi connectivity index (χ3v) is 6.14. The Morgan fingerprint density at radius 2 is 0.796 bits per heavy atom. The number of aliphatic hydroxyl groups is 12. The Labute approximate surface area is 284 Å². The highest BCUT2D eigenvalue weighted by Gasteiger charge is 2.22. The predicted molar refractivity (Wildman–Crippen MR) is 165 cm³/mol. The summed E-state index contributed by atoms with van der Waals surface area (Å²) in [6.45, 7) is -4.74. The molecule has 0 rings (SSSR count). The molecule has 294 valence electrons. The first kappa shape index (κ1) is 47.7. The van der Waals surface area contributed by atoms with Gasteiger partial charge in [0, 0.05) is 19.6 Å². The Balaban J connectivity index is 4.58. The van der Waals surface area contributed by atoms with Crippen LogP contribution >= 0.6 is 0 Å².